The summed E-state index contributed by atoms with van der Waals surface area (Å²) in [6.45, 7) is 0. The van der Waals surface area contributed by atoms with Crippen LogP contribution in [0.25, 0.3) is 0 Å². The minimum atomic E-state index is -1.66. The monoisotopic (exact) mass is 427 g/mol. The molecule has 1 heterocycles. The van der Waals surface area contributed by atoms with Gasteiger partial charge in [-0.1, -0.05) is 24.4 Å². The lowest BCUT2D eigenvalue weighted by atomic mass is 9.81. The van der Waals surface area contributed by atoms with Crippen molar-refractivity contribution in [2.75, 3.05) is 19.1 Å². The Bertz CT molecular complexity index is 850. The SMILES string of the molecule is COC(=O)C(OC)OC(=O)c1cc(N2C(=O)C3CCCCC3C2=O)c(F)cc1Cl. The molecule has 1 saturated heterocycles. The second-order valence-electron chi connectivity index (χ2n) is 6.79. The number of carbonyl (C=O) groups excluding carboxylic acids is 4. The number of carbonyl (C=O) groups is 4. The Hall–Kier alpha value is -2.52. The van der Waals surface area contributed by atoms with E-state index in [2.05, 4.69) is 4.74 Å². The second kappa shape index (κ2) is 8.46. The fourth-order valence-corrected chi connectivity index (χ4v) is 3.94. The molecule has 3 unspecified atom stereocenters. The van der Waals surface area contributed by atoms with Gasteiger partial charge in [-0.2, -0.15) is 0 Å². The van der Waals surface area contributed by atoms with Crippen molar-refractivity contribution in [3.05, 3.63) is 28.5 Å². The van der Waals surface area contributed by atoms with Gasteiger partial charge in [0.25, 0.3) is 0 Å². The summed E-state index contributed by atoms with van der Waals surface area (Å²) < 4.78 is 28.7. The zero-order chi connectivity index (χ0) is 21.3. The van der Waals surface area contributed by atoms with Gasteiger partial charge in [0.2, 0.25) is 11.8 Å². The first kappa shape index (κ1) is 21.2. The van der Waals surface area contributed by atoms with Gasteiger partial charge in [0.15, 0.2) is 0 Å². The Balaban J connectivity index is 1.94. The zero-order valence-electron chi connectivity index (χ0n) is 15.8. The predicted octanol–water partition coefficient (Wildman–Crippen LogP) is 2.46. The molecule has 0 N–H and O–H groups in total. The molecule has 29 heavy (non-hydrogen) atoms. The van der Waals surface area contributed by atoms with Gasteiger partial charge in [-0.25, -0.2) is 18.9 Å². The third-order valence-corrected chi connectivity index (χ3v) is 5.47. The van der Waals surface area contributed by atoms with Crippen LogP contribution < -0.4 is 4.90 Å². The van der Waals surface area contributed by atoms with E-state index in [1.165, 1.54) is 0 Å². The summed E-state index contributed by atoms with van der Waals surface area (Å²) in [5, 5.41) is -0.313. The van der Waals surface area contributed by atoms with Gasteiger partial charge in [-0.15, -0.1) is 0 Å². The average molecular weight is 428 g/mol. The van der Waals surface area contributed by atoms with Gasteiger partial charge >= 0.3 is 18.2 Å². The van der Waals surface area contributed by atoms with Crippen molar-refractivity contribution in [1.82, 2.24) is 0 Å². The minimum absolute atomic E-state index is 0.313. The maximum Gasteiger partial charge on any atom is 0.376 e. The van der Waals surface area contributed by atoms with E-state index in [0.29, 0.717) is 12.8 Å². The summed E-state index contributed by atoms with van der Waals surface area (Å²) in [7, 11) is 2.20. The second-order valence-corrected chi connectivity index (χ2v) is 7.20. The van der Waals surface area contributed by atoms with Crippen LogP contribution in [0.1, 0.15) is 36.0 Å². The summed E-state index contributed by atoms with van der Waals surface area (Å²) in [4.78, 5) is 50.2. The van der Waals surface area contributed by atoms with E-state index >= 15 is 0 Å². The highest BCUT2D eigenvalue weighted by molar-refractivity contribution is 6.34. The van der Waals surface area contributed by atoms with E-state index in [-0.39, 0.29) is 16.3 Å². The van der Waals surface area contributed by atoms with Crippen LogP contribution in [0.2, 0.25) is 5.02 Å². The minimum Gasteiger partial charge on any atom is -0.464 e. The highest BCUT2D eigenvalue weighted by atomic mass is 35.5. The lowest BCUT2D eigenvalue weighted by Crippen LogP contribution is -2.32. The molecule has 156 valence electrons. The molecule has 0 aromatic heterocycles. The zero-order valence-corrected chi connectivity index (χ0v) is 16.5. The van der Waals surface area contributed by atoms with Crippen LogP contribution >= 0.6 is 11.6 Å². The number of fused-ring (bicyclic) bond motifs is 1. The normalized spacial score (nSPS) is 22.3. The molecular formula is C19H19ClFNO7. The Morgan fingerprint density at radius 2 is 1.72 bits per heavy atom. The Morgan fingerprint density at radius 3 is 2.24 bits per heavy atom. The Morgan fingerprint density at radius 1 is 1.14 bits per heavy atom. The number of esters is 2. The predicted molar refractivity (Wildman–Crippen MR) is 97.6 cm³/mol. The molecule has 0 radical (unpaired) electrons. The van der Waals surface area contributed by atoms with Crippen molar-refractivity contribution in [3.63, 3.8) is 0 Å². The molecule has 8 nitrogen and oxygen atoms in total. The molecule has 0 spiro atoms. The van der Waals surface area contributed by atoms with Crippen molar-refractivity contribution >= 4 is 41.0 Å². The molecule has 10 heteroatoms. The Kier molecular flexibility index (Phi) is 6.18. The number of halogens is 2. The van der Waals surface area contributed by atoms with E-state index in [9.17, 15) is 23.6 Å². The number of benzene rings is 1. The van der Waals surface area contributed by atoms with E-state index < -0.39 is 47.7 Å². The number of anilines is 1. The molecule has 3 rings (SSSR count). The number of amides is 2. The van der Waals surface area contributed by atoms with Crippen LogP contribution in [0.4, 0.5) is 10.1 Å². The number of rotatable bonds is 5. The largest absolute Gasteiger partial charge is 0.464 e. The fourth-order valence-electron chi connectivity index (χ4n) is 3.71. The first-order valence-corrected chi connectivity index (χ1v) is 9.36. The van der Waals surface area contributed by atoms with Gasteiger partial charge in [0, 0.05) is 7.11 Å². The highest BCUT2D eigenvalue weighted by Crippen LogP contribution is 2.41. The van der Waals surface area contributed by atoms with Crippen molar-refractivity contribution < 1.29 is 37.8 Å². The summed E-state index contributed by atoms with van der Waals surface area (Å²) in [5.74, 6) is -4.96. The first-order chi connectivity index (χ1) is 13.8. The average Bonchev–Trinajstić information content (AvgIpc) is 2.96. The molecule has 1 aliphatic carbocycles. The molecule has 1 aliphatic heterocycles. The van der Waals surface area contributed by atoms with Crippen molar-refractivity contribution in [3.8, 4) is 0 Å². The molecule has 2 fully saturated rings. The first-order valence-electron chi connectivity index (χ1n) is 8.98. The molecule has 1 aromatic carbocycles. The van der Waals surface area contributed by atoms with Gasteiger partial charge in [-0.05, 0) is 25.0 Å². The molecule has 2 amide bonds. The van der Waals surface area contributed by atoms with E-state index in [1.807, 2.05) is 0 Å². The van der Waals surface area contributed by atoms with Crippen LogP contribution in [-0.2, 0) is 28.6 Å². The highest BCUT2D eigenvalue weighted by Gasteiger charge is 2.49. The maximum absolute atomic E-state index is 14.6. The lowest BCUT2D eigenvalue weighted by molar-refractivity contribution is -0.175. The third kappa shape index (κ3) is 3.84. The van der Waals surface area contributed by atoms with Gasteiger partial charge in [0.1, 0.15) is 5.82 Å². The van der Waals surface area contributed by atoms with Crippen LogP contribution in [0, 0.1) is 17.7 Å². The number of hydrogen-bond donors (Lipinski definition) is 0. The van der Waals surface area contributed by atoms with Crippen LogP contribution in [-0.4, -0.2) is 44.3 Å². The smallest absolute Gasteiger partial charge is 0.376 e. The van der Waals surface area contributed by atoms with E-state index in [0.717, 1.165) is 44.1 Å². The van der Waals surface area contributed by atoms with E-state index in [4.69, 9.17) is 21.1 Å². The molecule has 3 atom stereocenters. The van der Waals surface area contributed by atoms with Gasteiger partial charge < -0.3 is 14.2 Å². The summed E-state index contributed by atoms with van der Waals surface area (Å²) in [6.07, 6.45) is 1.10. The van der Waals surface area contributed by atoms with E-state index in [1.54, 1.807) is 0 Å². The number of methoxy groups -OCH3 is 2. The fraction of sp³-hybridized carbons (Fsp3) is 0.474. The van der Waals surface area contributed by atoms with Crippen molar-refractivity contribution in [2.45, 2.75) is 32.0 Å². The summed E-state index contributed by atoms with van der Waals surface area (Å²) in [6, 6.07) is 1.78. The van der Waals surface area contributed by atoms with Gasteiger partial charge in [-0.3, -0.25) is 9.59 Å². The quantitative estimate of drug-likeness (QED) is 0.404. The molecule has 0 bridgehead atoms. The lowest BCUT2D eigenvalue weighted by Gasteiger charge is -2.19. The van der Waals surface area contributed by atoms with Crippen LogP contribution in [0.5, 0.6) is 0 Å². The summed E-state index contributed by atoms with van der Waals surface area (Å²) in [5.41, 5.74) is -0.706. The number of imide groups is 1. The van der Waals surface area contributed by atoms with Crippen molar-refractivity contribution in [2.24, 2.45) is 11.8 Å². The van der Waals surface area contributed by atoms with Crippen molar-refractivity contribution in [1.29, 1.82) is 0 Å². The number of hydrogen-bond acceptors (Lipinski definition) is 7. The van der Waals surface area contributed by atoms with Crippen LogP contribution in [0.3, 0.4) is 0 Å². The molecule has 2 aliphatic rings. The van der Waals surface area contributed by atoms with Crippen LogP contribution in [0.15, 0.2) is 12.1 Å². The summed E-state index contributed by atoms with van der Waals surface area (Å²) >= 11 is 5.95. The Labute approximate surface area is 170 Å². The molecule has 1 aromatic rings. The van der Waals surface area contributed by atoms with Gasteiger partial charge in [0.05, 0.1) is 35.2 Å². The number of nitrogens with zero attached hydrogens (tertiary/aromatic N) is 1. The standard InChI is InChI=1S/C19H19ClFNO7/c1-27-18(26)19(28-2)29-17(25)11-7-14(13(21)8-12(11)20)22-15(23)9-5-3-4-6-10(9)16(22)24/h7-10,19H,3-6H2,1-2H3. The number of ether oxygens (including phenoxy) is 3. The maximum atomic E-state index is 14.6. The topological polar surface area (TPSA) is 99.2 Å². The third-order valence-electron chi connectivity index (χ3n) is 5.16. The molecular weight excluding hydrogens is 409 g/mol. The molecule has 1 saturated carbocycles.